The molecule has 3 heterocycles. The molecule has 1 aromatic rings. The molecular formula is C13H20N4O. The van der Waals surface area contributed by atoms with Crippen molar-refractivity contribution in [3.63, 3.8) is 0 Å². The van der Waals surface area contributed by atoms with Gasteiger partial charge in [-0.3, -0.25) is 9.48 Å². The van der Waals surface area contributed by atoms with Gasteiger partial charge in [0.05, 0.1) is 0 Å². The second-order valence-corrected chi connectivity index (χ2v) is 5.48. The number of carbonyl (C=O) groups excluding carboxylic acids is 1. The van der Waals surface area contributed by atoms with Crippen LogP contribution < -0.4 is 10.6 Å². The van der Waals surface area contributed by atoms with Crippen LogP contribution in [0, 0.1) is 0 Å². The third-order valence-corrected chi connectivity index (χ3v) is 4.12. The molecule has 0 aromatic carbocycles. The van der Waals surface area contributed by atoms with E-state index in [4.69, 9.17) is 0 Å². The first-order chi connectivity index (χ1) is 8.72. The summed E-state index contributed by atoms with van der Waals surface area (Å²) in [4.78, 5) is 12.2. The maximum Gasteiger partial charge on any atom is 0.244 e. The van der Waals surface area contributed by atoms with E-state index in [2.05, 4.69) is 15.7 Å². The van der Waals surface area contributed by atoms with Crippen LogP contribution in [-0.4, -0.2) is 33.8 Å². The molecule has 2 bridgehead atoms. The molecule has 2 fully saturated rings. The Labute approximate surface area is 107 Å². The zero-order valence-electron chi connectivity index (χ0n) is 10.7. The molecule has 98 valence electrons. The molecule has 0 radical (unpaired) electrons. The number of hydrogen-bond acceptors (Lipinski definition) is 3. The summed E-state index contributed by atoms with van der Waals surface area (Å²) in [5.41, 5.74) is 0. The van der Waals surface area contributed by atoms with E-state index in [9.17, 15) is 4.79 Å². The zero-order chi connectivity index (χ0) is 12.5. The van der Waals surface area contributed by atoms with Gasteiger partial charge in [-0.25, -0.2) is 0 Å². The summed E-state index contributed by atoms with van der Waals surface area (Å²) < 4.78 is 1.70. The number of carbonyl (C=O) groups is 1. The lowest BCUT2D eigenvalue weighted by atomic mass is 9.99. The highest BCUT2D eigenvalue weighted by molar-refractivity contribution is 5.80. The molecule has 2 N–H and O–H groups in total. The van der Waals surface area contributed by atoms with Crippen LogP contribution in [0.2, 0.25) is 0 Å². The number of fused-ring (bicyclic) bond motifs is 2. The molecule has 2 aliphatic heterocycles. The largest absolute Gasteiger partial charge is 0.351 e. The van der Waals surface area contributed by atoms with Gasteiger partial charge in [0, 0.05) is 30.5 Å². The Bertz CT molecular complexity index is 405. The SMILES string of the molecule is CC(C(=O)NC1CC2CCC(C1)N2)n1cccn1. The van der Waals surface area contributed by atoms with E-state index in [-0.39, 0.29) is 11.9 Å². The number of nitrogens with zero attached hydrogens (tertiary/aromatic N) is 2. The molecule has 2 aliphatic rings. The summed E-state index contributed by atoms with van der Waals surface area (Å²) in [6.07, 6.45) is 8.17. The first-order valence-corrected chi connectivity index (χ1v) is 6.78. The highest BCUT2D eigenvalue weighted by atomic mass is 16.2. The van der Waals surface area contributed by atoms with Crippen LogP contribution in [-0.2, 0) is 4.79 Å². The van der Waals surface area contributed by atoms with Gasteiger partial charge in [-0.2, -0.15) is 5.10 Å². The van der Waals surface area contributed by atoms with Crippen molar-refractivity contribution in [3.05, 3.63) is 18.5 Å². The molecular weight excluding hydrogens is 228 g/mol. The minimum atomic E-state index is -0.229. The van der Waals surface area contributed by atoms with Crippen molar-refractivity contribution in [1.29, 1.82) is 0 Å². The Morgan fingerprint density at radius 1 is 1.44 bits per heavy atom. The molecule has 0 spiro atoms. The van der Waals surface area contributed by atoms with Crippen molar-refractivity contribution >= 4 is 5.91 Å². The summed E-state index contributed by atoms with van der Waals surface area (Å²) >= 11 is 0. The predicted molar refractivity (Wildman–Crippen MR) is 68.0 cm³/mol. The zero-order valence-corrected chi connectivity index (χ0v) is 10.7. The quantitative estimate of drug-likeness (QED) is 0.833. The van der Waals surface area contributed by atoms with Gasteiger partial charge in [0.15, 0.2) is 0 Å². The van der Waals surface area contributed by atoms with Crippen LogP contribution in [0.15, 0.2) is 18.5 Å². The van der Waals surface area contributed by atoms with Crippen LogP contribution in [0.25, 0.3) is 0 Å². The second kappa shape index (κ2) is 4.72. The smallest absolute Gasteiger partial charge is 0.244 e. The summed E-state index contributed by atoms with van der Waals surface area (Å²) in [5, 5.41) is 10.9. The number of nitrogens with one attached hydrogen (secondary N) is 2. The van der Waals surface area contributed by atoms with Crippen LogP contribution >= 0.6 is 0 Å². The molecule has 5 nitrogen and oxygen atoms in total. The van der Waals surface area contributed by atoms with Gasteiger partial charge >= 0.3 is 0 Å². The fraction of sp³-hybridized carbons (Fsp3) is 0.692. The van der Waals surface area contributed by atoms with Gasteiger partial charge in [-0.15, -0.1) is 0 Å². The Hall–Kier alpha value is -1.36. The first-order valence-electron chi connectivity index (χ1n) is 6.78. The van der Waals surface area contributed by atoms with E-state index >= 15 is 0 Å². The van der Waals surface area contributed by atoms with Crippen molar-refractivity contribution in [2.24, 2.45) is 0 Å². The summed E-state index contributed by atoms with van der Waals surface area (Å²) in [5.74, 6) is 0.0741. The van der Waals surface area contributed by atoms with Crippen molar-refractivity contribution in [3.8, 4) is 0 Å². The number of piperidine rings is 1. The van der Waals surface area contributed by atoms with E-state index in [1.165, 1.54) is 12.8 Å². The molecule has 3 rings (SSSR count). The standard InChI is InChI=1S/C13H20N4O/c1-9(17-6-2-5-14-17)13(18)16-12-7-10-3-4-11(8-12)15-10/h2,5-6,9-12,15H,3-4,7-8H2,1H3,(H,16,18). The third kappa shape index (κ3) is 2.27. The average Bonchev–Trinajstić information content (AvgIpc) is 2.98. The number of rotatable bonds is 3. The van der Waals surface area contributed by atoms with Crippen molar-refractivity contribution in [2.45, 2.75) is 56.8 Å². The molecule has 2 saturated heterocycles. The lowest BCUT2D eigenvalue weighted by Gasteiger charge is -2.30. The van der Waals surface area contributed by atoms with Crippen LogP contribution in [0.5, 0.6) is 0 Å². The average molecular weight is 248 g/mol. The molecule has 1 aromatic heterocycles. The molecule has 5 heteroatoms. The predicted octanol–water partition coefficient (Wildman–Crippen LogP) is 0.843. The molecule has 18 heavy (non-hydrogen) atoms. The second-order valence-electron chi connectivity index (χ2n) is 5.48. The Kier molecular flexibility index (Phi) is 3.07. The van der Waals surface area contributed by atoms with Crippen molar-refractivity contribution in [2.75, 3.05) is 0 Å². The highest BCUT2D eigenvalue weighted by Crippen LogP contribution is 2.26. The summed E-state index contributed by atoms with van der Waals surface area (Å²) in [6.45, 7) is 1.89. The molecule has 3 atom stereocenters. The van der Waals surface area contributed by atoms with E-state index in [1.54, 1.807) is 10.9 Å². The van der Waals surface area contributed by atoms with Gasteiger partial charge in [0.25, 0.3) is 0 Å². The van der Waals surface area contributed by atoms with Crippen LogP contribution in [0.4, 0.5) is 0 Å². The summed E-state index contributed by atoms with van der Waals surface area (Å²) in [7, 11) is 0. The normalized spacial score (nSPS) is 32.2. The lowest BCUT2D eigenvalue weighted by Crippen LogP contribution is -2.49. The molecule has 0 saturated carbocycles. The Morgan fingerprint density at radius 3 is 2.78 bits per heavy atom. The van der Waals surface area contributed by atoms with Gasteiger partial charge in [0.1, 0.15) is 6.04 Å². The maximum atomic E-state index is 12.2. The van der Waals surface area contributed by atoms with E-state index < -0.39 is 0 Å². The highest BCUT2D eigenvalue weighted by Gasteiger charge is 2.34. The van der Waals surface area contributed by atoms with Gasteiger partial charge in [-0.1, -0.05) is 0 Å². The van der Waals surface area contributed by atoms with E-state index in [1.807, 2.05) is 19.2 Å². The van der Waals surface area contributed by atoms with Crippen molar-refractivity contribution in [1.82, 2.24) is 20.4 Å². The third-order valence-electron chi connectivity index (χ3n) is 4.12. The number of amides is 1. The fourth-order valence-electron chi connectivity index (χ4n) is 3.13. The van der Waals surface area contributed by atoms with E-state index in [0.717, 1.165) is 12.8 Å². The first kappa shape index (κ1) is 11.7. The number of aromatic nitrogens is 2. The molecule has 1 amide bonds. The monoisotopic (exact) mass is 248 g/mol. The van der Waals surface area contributed by atoms with Gasteiger partial charge in [0.2, 0.25) is 5.91 Å². The Balaban J connectivity index is 1.58. The molecule has 0 aliphatic carbocycles. The topological polar surface area (TPSA) is 59.0 Å². The minimum absolute atomic E-state index is 0.0741. The van der Waals surface area contributed by atoms with Gasteiger partial charge in [-0.05, 0) is 38.7 Å². The number of hydrogen-bond donors (Lipinski definition) is 2. The summed E-state index contributed by atoms with van der Waals surface area (Å²) in [6, 6.07) is 3.15. The maximum absolute atomic E-state index is 12.2. The van der Waals surface area contributed by atoms with Crippen LogP contribution in [0.1, 0.15) is 38.6 Å². The fourth-order valence-corrected chi connectivity index (χ4v) is 3.13. The van der Waals surface area contributed by atoms with Crippen molar-refractivity contribution < 1.29 is 4.79 Å². The lowest BCUT2D eigenvalue weighted by molar-refractivity contribution is -0.125. The Morgan fingerprint density at radius 2 is 2.17 bits per heavy atom. The minimum Gasteiger partial charge on any atom is -0.351 e. The molecule has 3 unspecified atom stereocenters. The van der Waals surface area contributed by atoms with Crippen LogP contribution in [0.3, 0.4) is 0 Å². The van der Waals surface area contributed by atoms with E-state index in [0.29, 0.717) is 18.1 Å². The van der Waals surface area contributed by atoms with Gasteiger partial charge < -0.3 is 10.6 Å².